The Morgan fingerprint density at radius 3 is 1.39 bits per heavy atom. The molecule has 0 aliphatic rings. The summed E-state index contributed by atoms with van der Waals surface area (Å²) in [5, 5.41) is 2.61. The van der Waals surface area contributed by atoms with Crippen LogP contribution in [0.4, 0.5) is 34.1 Å². The van der Waals surface area contributed by atoms with Crippen LogP contribution in [-0.4, -0.2) is 0 Å². The molecule has 6 aromatic carbocycles. The van der Waals surface area contributed by atoms with Gasteiger partial charge in [0.2, 0.25) is 0 Å². The van der Waals surface area contributed by atoms with Crippen molar-refractivity contribution < 1.29 is 0 Å². The zero-order valence-corrected chi connectivity index (χ0v) is 23.8. The quantitative estimate of drug-likeness (QED) is 0.196. The smallest absolute Gasteiger partial charge is 0.0640 e. The van der Waals surface area contributed by atoms with Gasteiger partial charge in [0.1, 0.15) is 0 Å². The fraction of sp³-hybridized carbons (Fsp3) is 0.0526. The van der Waals surface area contributed by atoms with E-state index in [1.54, 1.807) is 0 Å². The van der Waals surface area contributed by atoms with Gasteiger partial charge in [-0.05, 0) is 78.7 Å². The first-order valence-corrected chi connectivity index (χ1v) is 14.9. The van der Waals surface area contributed by atoms with Crippen LogP contribution in [0.5, 0.6) is 0 Å². The number of thiophene rings is 1. The largest absolute Gasteiger partial charge is 0.310 e. The number of para-hydroxylation sites is 4. The lowest BCUT2D eigenvalue weighted by Gasteiger charge is -2.27. The van der Waals surface area contributed by atoms with Crippen LogP contribution in [0.15, 0.2) is 152 Å². The Kier molecular flexibility index (Phi) is 6.72. The number of fused-ring (bicyclic) bond motifs is 3. The van der Waals surface area contributed by atoms with Crippen LogP contribution < -0.4 is 9.80 Å². The van der Waals surface area contributed by atoms with Crippen molar-refractivity contribution in [1.82, 2.24) is 0 Å². The highest BCUT2D eigenvalue weighted by molar-refractivity contribution is 7.26. The van der Waals surface area contributed by atoms with Gasteiger partial charge in [0.25, 0.3) is 0 Å². The van der Waals surface area contributed by atoms with Crippen molar-refractivity contribution in [3.05, 3.63) is 157 Å². The first kappa shape index (κ1) is 25.1. The fourth-order valence-electron chi connectivity index (χ4n) is 5.69. The van der Waals surface area contributed by atoms with Gasteiger partial charge in [0.05, 0.1) is 16.1 Å². The van der Waals surface area contributed by atoms with Gasteiger partial charge < -0.3 is 9.80 Å². The van der Waals surface area contributed by atoms with Gasteiger partial charge in [0.15, 0.2) is 0 Å². The maximum absolute atomic E-state index is 2.42. The van der Waals surface area contributed by atoms with Crippen LogP contribution in [0.25, 0.3) is 20.2 Å². The number of benzene rings is 6. The number of hydrogen-bond donors (Lipinski definition) is 0. The number of anilines is 6. The highest BCUT2D eigenvalue weighted by atomic mass is 32.1. The minimum absolute atomic E-state index is 0.943. The van der Waals surface area contributed by atoms with Gasteiger partial charge >= 0.3 is 0 Å². The first-order chi connectivity index (χ1) is 20.3. The fourth-order valence-corrected chi connectivity index (χ4v) is 6.91. The lowest BCUT2D eigenvalue weighted by Crippen LogP contribution is -2.11. The summed E-state index contributed by atoms with van der Waals surface area (Å²) in [5.41, 5.74) is 8.38. The zero-order valence-electron chi connectivity index (χ0n) is 22.9. The molecule has 0 amide bonds. The Labute approximate surface area is 245 Å². The molecule has 0 aliphatic carbocycles. The van der Waals surface area contributed by atoms with Gasteiger partial charge in [-0.2, -0.15) is 0 Å². The van der Waals surface area contributed by atoms with Gasteiger partial charge in [0, 0.05) is 38.2 Å². The molecule has 0 N–H and O–H groups in total. The van der Waals surface area contributed by atoms with E-state index in [0.717, 1.165) is 29.2 Å². The van der Waals surface area contributed by atoms with E-state index >= 15 is 0 Å². The molecule has 3 heteroatoms. The van der Waals surface area contributed by atoms with Crippen molar-refractivity contribution in [1.29, 1.82) is 0 Å². The van der Waals surface area contributed by atoms with Crippen molar-refractivity contribution in [3.63, 3.8) is 0 Å². The molecule has 1 aromatic heterocycles. The van der Waals surface area contributed by atoms with E-state index in [1.807, 2.05) is 11.3 Å². The van der Waals surface area contributed by atoms with Crippen LogP contribution in [0.1, 0.15) is 12.5 Å². The standard InChI is InChI=1S/C38H30N2S/c1-2-28-26-34-33-24-15-25-35(39(29-16-7-3-8-17-29)30-18-9-4-10-19-30)38(33)41-37(34)27-36(28)40(31-20-11-5-12-21-31)32-22-13-6-14-23-32/h3-27H,2H2,1H3. The molecule has 0 radical (unpaired) electrons. The van der Waals surface area contributed by atoms with Crippen LogP contribution >= 0.6 is 11.3 Å². The highest BCUT2D eigenvalue weighted by Gasteiger charge is 2.21. The number of nitrogens with zero attached hydrogens (tertiary/aromatic N) is 2. The van der Waals surface area contributed by atoms with Crippen LogP contribution in [0.3, 0.4) is 0 Å². The van der Waals surface area contributed by atoms with Gasteiger partial charge in [-0.3, -0.25) is 0 Å². The molecule has 0 atom stereocenters. The minimum atomic E-state index is 0.943. The van der Waals surface area contributed by atoms with E-state index in [4.69, 9.17) is 0 Å². The van der Waals surface area contributed by atoms with Crippen molar-refractivity contribution in [3.8, 4) is 0 Å². The normalized spacial score (nSPS) is 11.1. The summed E-state index contributed by atoms with van der Waals surface area (Å²) >= 11 is 1.88. The number of aryl methyl sites for hydroxylation is 1. The highest BCUT2D eigenvalue weighted by Crippen LogP contribution is 2.47. The summed E-state index contributed by atoms with van der Waals surface area (Å²) in [6.07, 6.45) is 0.943. The van der Waals surface area contributed by atoms with Crippen molar-refractivity contribution in [2.45, 2.75) is 13.3 Å². The summed E-state index contributed by atoms with van der Waals surface area (Å²) in [4.78, 5) is 4.77. The average Bonchev–Trinajstić information content (AvgIpc) is 3.41. The molecular weight excluding hydrogens is 516 g/mol. The maximum Gasteiger partial charge on any atom is 0.0640 e. The first-order valence-electron chi connectivity index (χ1n) is 14.1. The molecule has 7 rings (SSSR count). The predicted molar refractivity (Wildman–Crippen MR) is 178 cm³/mol. The Bertz CT molecular complexity index is 1830. The van der Waals surface area contributed by atoms with Gasteiger partial charge in [-0.15, -0.1) is 11.3 Å². The molecule has 2 nitrogen and oxygen atoms in total. The summed E-state index contributed by atoms with van der Waals surface area (Å²) in [7, 11) is 0. The summed E-state index contributed by atoms with van der Waals surface area (Å²) in [6.45, 7) is 2.26. The molecule has 0 saturated carbocycles. The molecule has 0 aliphatic heterocycles. The van der Waals surface area contributed by atoms with E-state index in [9.17, 15) is 0 Å². The van der Waals surface area contributed by atoms with E-state index in [2.05, 4.69) is 168 Å². The van der Waals surface area contributed by atoms with Gasteiger partial charge in [-0.1, -0.05) is 91.9 Å². The molecule has 0 bridgehead atoms. The molecule has 198 valence electrons. The second-order valence-electron chi connectivity index (χ2n) is 10.1. The average molecular weight is 547 g/mol. The minimum Gasteiger partial charge on any atom is -0.310 e. The molecule has 0 unspecified atom stereocenters. The molecule has 41 heavy (non-hydrogen) atoms. The van der Waals surface area contributed by atoms with E-state index < -0.39 is 0 Å². The van der Waals surface area contributed by atoms with Crippen molar-refractivity contribution >= 4 is 65.6 Å². The predicted octanol–water partition coefficient (Wildman–Crippen LogP) is 11.6. The third kappa shape index (κ3) is 4.65. The van der Waals surface area contributed by atoms with Crippen molar-refractivity contribution in [2.75, 3.05) is 9.80 Å². The van der Waals surface area contributed by atoms with Crippen molar-refractivity contribution in [2.24, 2.45) is 0 Å². The Morgan fingerprint density at radius 1 is 0.463 bits per heavy atom. The molecular formula is C38H30N2S. The van der Waals surface area contributed by atoms with E-state index in [-0.39, 0.29) is 0 Å². The Balaban J connectivity index is 1.46. The lowest BCUT2D eigenvalue weighted by molar-refractivity contribution is 1.12. The second kappa shape index (κ2) is 11.0. The summed E-state index contributed by atoms with van der Waals surface area (Å²) < 4.78 is 2.58. The van der Waals surface area contributed by atoms with E-state index in [1.165, 1.54) is 37.1 Å². The Hall–Kier alpha value is -4.86. The Morgan fingerprint density at radius 2 is 0.927 bits per heavy atom. The summed E-state index contributed by atoms with van der Waals surface area (Å²) in [6, 6.07) is 54.2. The van der Waals surface area contributed by atoms with Crippen LogP contribution in [0.2, 0.25) is 0 Å². The van der Waals surface area contributed by atoms with Gasteiger partial charge in [-0.25, -0.2) is 0 Å². The van der Waals surface area contributed by atoms with Crippen LogP contribution in [0, 0.1) is 0 Å². The topological polar surface area (TPSA) is 6.48 Å². The molecule has 7 aromatic rings. The third-order valence-electron chi connectivity index (χ3n) is 7.60. The third-order valence-corrected chi connectivity index (χ3v) is 8.79. The summed E-state index contributed by atoms with van der Waals surface area (Å²) in [5.74, 6) is 0. The zero-order chi connectivity index (χ0) is 27.6. The monoisotopic (exact) mass is 546 g/mol. The van der Waals surface area contributed by atoms with E-state index in [0.29, 0.717) is 0 Å². The maximum atomic E-state index is 2.42. The second-order valence-corrected chi connectivity index (χ2v) is 11.2. The number of hydrogen-bond acceptors (Lipinski definition) is 3. The SMILES string of the molecule is CCc1cc2c(cc1N(c1ccccc1)c1ccccc1)sc1c(N(c3ccccc3)c3ccccc3)cccc12. The molecule has 0 fully saturated rings. The molecule has 1 heterocycles. The molecule has 0 saturated heterocycles. The molecule has 0 spiro atoms. The van der Waals surface area contributed by atoms with Crippen LogP contribution in [-0.2, 0) is 6.42 Å². The lowest BCUT2D eigenvalue weighted by atomic mass is 10.0. The number of rotatable bonds is 7.